The van der Waals surface area contributed by atoms with Crippen LogP contribution < -0.4 is 10.1 Å². The molecule has 2 aromatic rings. The fourth-order valence-electron chi connectivity index (χ4n) is 2.09. The summed E-state index contributed by atoms with van der Waals surface area (Å²) in [6.07, 6.45) is 3.36. The quantitative estimate of drug-likeness (QED) is 0.396. The molecule has 0 unspecified atom stereocenters. The summed E-state index contributed by atoms with van der Waals surface area (Å²) in [5, 5.41) is 2.53. The first kappa shape index (κ1) is 21.2. The minimum Gasteiger partial charge on any atom is -0.490 e. The van der Waals surface area contributed by atoms with E-state index in [1.807, 2.05) is 0 Å². The first-order valence-electron chi connectivity index (χ1n) is 8.37. The van der Waals surface area contributed by atoms with Crippen molar-refractivity contribution in [2.75, 3.05) is 11.9 Å². The molecule has 5 nitrogen and oxygen atoms in total. The Hall–Kier alpha value is -3.12. The summed E-state index contributed by atoms with van der Waals surface area (Å²) in [6, 6.07) is 10.6. The van der Waals surface area contributed by atoms with Gasteiger partial charge in [-0.1, -0.05) is 36.4 Å². The molecule has 7 heteroatoms. The van der Waals surface area contributed by atoms with Crippen molar-refractivity contribution in [3.63, 3.8) is 0 Å². The van der Waals surface area contributed by atoms with Gasteiger partial charge >= 0.3 is 5.97 Å². The largest absolute Gasteiger partial charge is 0.490 e. The van der Waals surface area contributed by atoms with E-state index in [2.05, 4.69) is 11.9 Å². The monoisotopic (exact) mass is 403 g/mol. The van der Waals surface area contributed by atoms with Crippen LogP contribution in [-0.2, 0) is 14.3 Å². The molecule has 1 atom stereocenters. The summed E-state index contributed by atoms with van der Waals surface area (Å²) < 4.78 is 23.5. The van der Waals surface area contributed by atoms with Gasteiger partial charge in [0.1, 0.15) is 18.2 Å². The number of anilines is 1. The third-order valence-electron chi connectivity index (χ3n) is 3.51. The fourth-order valence-corrected chi connectivity index (χ4v) is 2.30. The number of amides is 1. The Bertz CT molecular complexity index is 880. The molecule has 0 fully saturated rings. The Balaban J connectivity index is 1.87. The molecule has 0 radical (unpaired) electrons. The number of nitrogens with one attached hydrogen (secondary N) is 1. The van der Waals surface area contributed by atoms with Gasteiger partial charge < -0.3 is 14.8 Å². The number of ether oxygens (including phenoxy) is 2. The molecule has 0 heterocycles. The van der Waals surface area contributed by atoms with Crippen molar-refractivity contribution in [3.05, 3.63) is 77.6 Å². The molecule has 0 aromatic heterocycles. The van der Waals surface area contributed by atoms with Crippen LogP contribution in [-0.4, -0.2) is 24.6 Å². The zero-order valence-electron chi connectivity index (χ0n) is 15.2. The van der Waals surface area contributed by atoms with E-state index in [-0.39, 0.29) is 10.7 Å². The minimum atomic E-state index is -1.06. The Labute approximate surface area is 167 Å². The summed E-state index contributed by atoms with van der Waals surface area (Å²) in [6.45, 7) is 5.40. The van der Waals surface area contributed by atoms with Crippen LogP contribution >= 0.6 is 11.6 Å². The maximum absolute atomic E-state index is 13.0. The lowest BCUT2D eigenvalue weighted by Crippen LogP contribution is -2.29. The summed E-state index contributed by atoms with van der Waals surface area (Å²) in [5.74, 6) is -1.10. The summed E-state index contributed by atoms with van der Waals surface area (Å²) >= 11 is 5.85. The third kappa shape index (κ3) is 6.55. The molecule has 0 spiro atoms. The lowest BCUT2D eigenvalue weighted by molar-refractivity contribution is -0.148. The van der Waals surface area contributed by atoms with Crippen LogP contribution in [0.4, 0.5) is 10.1 Å². The highest BCUT2D eigenvalue weighted by atomic mass is 35.5. The fraction of sp³-hybridized carbons (Fsp3) is 0.143. The second-order valence-corrected chi connectivity index (χ2v) is 6.10. The molecule has 2 aromatic carbocycles. The van der Waals surface area contributed by atoms with Gasteiger partial charge in [0.25, 0.3) is 5.91 Å². The van der Waals surface area contributed by atoms with Crippen LogP contribution in [0.2, 0.25) is 5.02 Å². The van der Waals surface area contributed by atoms with Gasteiger partial charge in [-0.3, -0.25) is 4.79 Å². The number of hydrogen-bond acceptors (Lipinski definition) is 4. The van der Waals surface area contributed by atoms with E-state index >= 15 is 0 Å². The van der Waals surface area contributed by atoms with Gasteiger partial charge in [0.05, 0.1) is 10.7 Å². The molecule has 0 saturated carbocycles. The van der Waals surface area contributed by atoms with E-state index in [9.17, 15) is 14.0 Å². The molecule has 28 heavy (non-hydrogen) atoms. The number of hydrogen-bond donors (Lipinski definition) is 1. The summed E-state index contributed by atoms with van der Waals surface area (Å²) in [7, 11) is 0. The number of halogens is 2. The van der Waals surface area contributed by atoms with Crippen LogP contribution in [0.3, 0.4) is 0 Å². The number of carbonyl (C=O) groups excluding carboxylic acids is 2. The molecule has 0 aliphatic rings. The summed E-state index contributed by atoms with van der Waals surface area (Å²) in [4.78, 5) is 24.0. The van der Waals surface area contributed by atoms with Crippen LogP contribution in [0.1, 0.15) is 12.5 Å². The molecule has 1 amide bonds. The zero-order valence-corrected chi connectivity index (χ0v) is 15.9. The minimum absolute atomic E-state index is 0.0484. The van der Waals surface area contributed by atoms with E-state index in [1.165, 1.54) is 19.1 Å². The molecule has 0 aliphatic heterocycles. The molecular formula is C21H19ClFNO4. The highest BCUT2D eigenvalue weighted by Gasteiger charge is 2.17. The smallest absolute Gasteiger partial charge is 0.331 e. The predicted octanol–water partition coefficient (Wildman–Crippen LogP) is 4.63. The van der Waals surface area contributed by atoms with Crippen LogP contribution in [0.25, 0.3) is 6.08 Å². The number of carbonyl (C=O) groups is 2. The zero-order chi connectivity index (χ0) is 20.5. The molecule has 0 saturated heterocycles. The van der Waals surface area contributed by atoms with Gasteiger partial charge in [-0.15, -0.1) is 0 Å². The predicted molar refractivity (Wildman–Crippen MR) is 107 cm³/mol. The van der Waals surface area contributed by atoms with E-state index < -0.39 is 23.8 Å². The van der Waals surface area contributed by atoms with Gasteiger partial charge in [-0.25, -0.2) is 9.18 Å². The van der Waals surface area contributed by atoms with E-state index in [0.717, 1.165) is 17.7 Å². The first-order chi connectivity index (χ1) is 13.4. The first-order valence-corrected chi connectivity index (χ1v) is 8.75. The molecule has 2 rings (SSSR count). The maximum atomic E-state index is 13.0. The average Bonchev–Trinajstić information content (AvgIpc) is 2.67. The van der Waals surface area contributed by atoms with Crippen molar-refractivity contribution in [3.8, 4) is 5.75 Å². The van der Waals surface area contributed by atoms with E-state index in [4.69, 9.17) is 21.1 Å². The second kappa shape index (κ2) is 10.3. The van der Waals surface area contributed by atoms with Gasteiger partial charge in [0.2, 0.25) is 0 Å². The standard InChI is InChI=1S/C21H19ClFNO4/c1-3-12-27-17-8-4-15(5-9-17)6-11-20(25)28-14(2)21(26)24-19-10-7-16(23)13-18(19)22/h3-11,13-14H,1,12H2,2H3,(H,24,26)/b11-6+/t14-/m0/s1. The lowest BCUT2D eigenvalue weighted by Gasteiger charge is -2.13. The highest BCUT2D eigenvalue weighted by Crippen LogP contribution is 2.22. The molecule has 0 bridgehead atoms. The maximum Gasteiger partial charge on any atom is 0.331 e. The summed E-state index contributed by atoms with van der Waals surface area (Å²) in [5.41, 5.74) is 0.989. The van der Waals surface area contributed by atoms with Crippen LogP contribution in [0.5, 0.6) is 5.75 Å². The number of esters is 1. The van der Waals surface area contributed by atoms with Gasteiger partial charge in [0, 0.05) is 6.08 Å². The lowest BCUT2D eigenvalue weighted by atomic mass is 10.2. The molecule has 146 valence electrons. The van der Waals surface area contributed by atoms with Crippen molar-refractivity contribution in [1.29, 1.82) is 0 Å². The van der Waals surface area contributed by atoms with Crippen LogP contribution in [0.15, 0.2) is 61.2 Å². The van der Waals surface area contributed by atoms with Gasteiger partial charge in [-0.05, 0) is 48.9 Å². The van der Waals surface area contributed by atoms with Crippen molar-refractivity contribution < 1.29 is 23.5 Å². The second-order valence-electron chi connectivity index (χ2n) is 5.69. The Morgan fingerprint density at radius 2 is 1.96 bits per heavy atom. The van der Waals surface area contributed by atoms with Crippen molar-refractivity contribution in [1.82, 2.24) is 0 Å². The van der Waals surface area contributed by atoms with Crippen LogP contribution in [0, 0.1) is 5.82 Å². The molecule has 0 aliphatic carbocycles. The van der Waals surface area contributed by atoms with Gasteiger partial charge in [0.15, 0.2) is 6.10 Å². The Morgan fingerprint density at radius 1 is 1.25 bits per heavy atom. The molecular weight excluding hydrogens is 385 g/mol. The Kier molecular flexibility index (Phi) is 7.77. The number of rotatable bonds is 8. The highest BCUT2D eigenvalue weighted by molar-refractivity contribution is 6.33. The number of benzene rings is 2. The Morgan fingerprint density at radius 3 is 2.61 bits per heavy atom. The van der Waals surface area contributed by atoms with E-state index in [0.29, 0.717) is 12.4 Å². The third-order valence-corrected chi connectivity index (χ3v) is 3.82. The van der Waals surface area contributed by atoms with Crippen molar-refractivity contribution in [2.24, 2.45) is 0 Å². The van der Waals surface area contributed by atoms with Gasteiger partial charge in [-0.2, -0.15) is 0 Å². The molecule has 1 N–H and O–H groups in total. The normalized spacial score (nSPS) is 11.7. The van der Waals surface area contributed by atoms with E-state index in [1.54, 1.807) is 36.4 Å². The van der Waals surface area contributed by atoms with Crippen molar-refractivity contribution in [2.45, 2.75) is 13.0 Å². The average molecular weight is 404 g/mol. The van der Waals surface area contributed by atoms with Crippen molar-refractivity contribution >= 4 is 35.2 Å². The SMILES string of the molecule is C=CCOc1ccc(/C=C/C(=O)O[C@@H](C)C(=O)Nc2ccc(F)cc2Cl)cc1. The topological polar surface area (TPSA) is 64.6 Å².